The second kappa shape index (κ2) is 5.84. The van der Waals surface area contributed by atoms with E-state index in [-0.39, 0.29) is 12.1 Å². The van der Waals surface area contributed by atoms with Crippen molar-refractivity contribution in [3.05, 3.63) is 35.9 Å². The minimum Gasteiger partial charge on any atom is -0.390 e. The Labute approximate surface area is 107 Å². The van der Waals surface area contributed by atoms with Crippen LogP contribution in [0, 0.1) is 0 Å². The Hall–Kier alpha value is -1.59. The Morgan fingerprint density at radius 3 is 2.78 bits per heavy atom. The Bertz CT molecular complexity index is 396. The number of aliphatic hydroxyl groups is 1. The van der Waals surface area contributed by atoms with E-state index in [1.807, 2.05) is 30.3 Å². The highest BCUT2D eigenvalue weighted by atomic mass is 16.3. The van der Waals surface area contributed by atoms with E-state index in [0.29, 0.717) is 19.6 Å². The van der Waals surface area contributed by atoms with Gasteiger partial charge in [0.15, 0.2) is 0 Å². The van der Waals surface area contributed by atoms with Crippen molar-refractivity contribution < 1.29 is 9.90 Å². The van der Waals surface area contributed by atoms with Crippen LogP contribution in [0.4, 0.5) is 4.79 Å². The molecule has 98 valence electrons. The molecule has 0 radical (unpaired) electrons. The summed E-state index contributed by atoms with van der Waals surface area (Å²) in [6.07, 6.45) is -0.488. The zero-order chi connectivity index (χ0) is 13.0. The number of carbonyl (C=O) groups excluding carboxylic acids is 1. The lowest BCUT2D eigenvalue weighted by molar-refractivity contribution is 0.110. The van der Waals surface area contributed by atoms with Gasteiger partial charge in [-0.3, -0.25) is 0 Å². The van der Waals surface area contributed by atoms with Crippen molar-refractivity contribution in [3.63, 3.8) is 0 Å². The lowest BCUT2D eigenvalue weighted by Crippen LogP contribution is -2.48. The van der Waals surface area contributed by atoms with Crippen molar-refractivity contribution in [3.8, 4) is 0 Å². The molecule has 2 atom stereocenters. The number of hydrogen-bond acceptors (Lipinski definition) is 3. The molecule has 0 aromatic heterocycles. The summed E-state index contributed by atoms with van der Waals surface area (Å²) in [6, 6.07) is 9.44. The minimum absolute atomic E-state index is 0.152. The third-order valence-electron chi connectivity index (χ3n) is 3.26. The number of hydrogen-bond donors (Lipinski definition) is 3. The molecule has 1 fully saturated rings. The quantitative estimate of drug-likeness (QED) is 0.715. The molecule has 0 unspecified atom stereocenters. The van der Waals surface area contributed by atoms with Gasteiger partial charge in [0.1, 0.15) is 0 Å². The molecule has 0 bridgehead atoms. The van der Waals surface area contributed by atoms with Crippen molar-refractivity contribution in [1.29, 1.82) is 0 Å². The molecule has 2 rings (SSSR count). The maximum atomic E-state index is 11.9. The molecular weight excluding hydrogens is 230 g/mol. The van der Waals surface area contributed by atoms with Crippen LogP contribution in [0.1, 0.15) is 5.56 Å². The van der Waals surface area contributed by atoms with E-state index in [1.165, 1.54) is 0 Å². The van der Waals surface area contributed by atoms with Gasteiger partial charge in [0.25, 0.3) is 0 Å². The normalized spacial score (nSPS) is 22.8. The third kappa shape index (κ3) is 3.00. The summed E-state index contributed by atoms with van der Waals surface area (Å²) in [4.78, 5) is 13.5. The molecule has 1 aliphatic rings. The molecule has 0 spiro atoms. The Balaban J connectivity index is 1.84. The van der Waals surface area contributed by atoms with Crippen LogP contribution in [0.25, 0.3) is 0 Å². The minimum atomic E-state index is -0.488. The van der Waals surface area contributed by atoms with Crippen LogP contribution in [-0.4, -0.2) is 48.3 Å². The molecule has 1 aromatic rings. The molecule has 0 aliphatic carbocycles. The smallest absolute Gasteiger partial charge is 0.317 e. The maximum absolute atomic E-state index is 11.9. The van der Waals surface area contributed by atoms with Crippen molar-refractivity contribution in [2.45, 2.75) is 18.7 Å². The van der Waals surface area contributed by atoms with E-state index in [1.54, 1.807) is 11.9 Å². The van der Waals surface area contributed by atoms with Crippen LogP contribution in [-0.2, 0) is 6.54 Å². The number of carbonyl (C=O) groups is 1. The number of likely N-dealkylation sites (N-methyl/N-ethyl adjacent to an activating group) is 1. The number of nitrogens with one attached hydrogen (secondary N) is 2. The van der Waals surface area contributed by atoms with E-state index in [0.717, 1.165) is 5.56 Å². The first kappa shape index (κ1) is 12.9. The molecular formula is C13H19N3O2. The SMILES string of the molecule is CN(C(=O)NCc1ccccc1)[C@@H]1CNC[C@H]1O. The average Bonchev–Trinajstić information content (AvgIpc) is 2.82. The second-order valence-electron chi connectivity index (χ2n) is 4.55. The summed E-state index contributed by atoms with van der Waals surface area (Å²) >= 11 is 0. The van der Waals surface area contributed by atoms with Crippen molar-refractivity contribution >= 4 is 6.03 Å². The van der Waals surface area contributed by atoms with Crippen LogP contribution < -0.4 is 10.6 Å². The van der Waals surface area contributed by atoms with Crippen LogP contribution in [0.15, 0.2) is 30.3 Å². The van der Waals surface area contributed by atoms with Gasteiger partial charge in [-0.15, -0.1) is 0 Å². The number of β-amino-alcohol motifs (C(OH)–C–C–N with tert-alkyl or cyclic N) is 1. The predicted molar refractivity (Wildman–Crippen MR) is 69.1 cm³/mol. The summed E-state index contributed by atoms with van der Waals surface area (Å²) in [5, 5.41) is 15.6. The van der Waals surface area contributed by atoms with Gasteiger partial charge in [-0.05, 0) is 5.56 Å². The lowest BCUT2D eigenvalue weighted by atomic mass is 10.2. The molecule has 1 saturated heterocycles. The molecule has 0 saturated carbocycles. The van der Waals surface area contributed by atoms with Crippen molar-refractivity contribution in [1.82, 2.24) is 15.5 Å². The molecule has 18 heavy (non-hydrogen) atoms. The van der Waals surface area contributed by atoms with Gasteiger partial charge in [0.2, 0.25) is 0 Å². The van der Waals surface area contributed by atoms with E-state index in [4.69, 9.17) is 0 Å². The highest BCUT2D eigenvalue weighted by Gasteiger charge is 2.30. The van der Waals surface area contributed by atoms with Crippen LogP contribution in [0.3, 0.4) is 0 Å². The number of benzene rings is 1. The largest absolute Gasteiger partial charge is 0.390 e. The van der Waals surface area contributed by atoms with Crippen molar-refractivity contribution in [2.24, 2.45) is 0 Å². The standard InChI is InChI=1S/C13H19N3O2/c1-16(11-8-14-9-12(11)17)13(18)15-7-10-5-3-2-4-6-10/h2-6,11-12,14,17H,7-9H2,1H3,(H,15,18)/t11-,12-/m1/s1. The van der Waals surface area contributed by atoms with Gasteiger partial charge >= 0.3 is 6.03 Å². The van der Waals surface area contributed by atoms with E-state index in [9.17, 15) is 9.90 Å². The molecule has 1 heterocycles. The van der Waals surface area contributed by atoms with E-state index < -0.39 is 6.10 Å². The number of urea groups is 1. The van der Waals surface area contributed by atoms with Crippen molar-refractivity contribution in [2.75, 3.05) is 20.1 Å². The summed E-state index contributed by atoms with van der Waals surface area (Å²) in [5.74, 6) is 0. The molecule has 3 N–H and O–H groups in total. The number of rotatable bonds is 3. The fourth-order valence-corrected chi connectivity index (χ4v) is 2.10. The highest BCUT2D eigenvalue weighted by molar-refractivity contribution is 5.74. The first-order chi connectivity index (χ1) is 8.68. The zero-order valence-electron chi connectivity index (χ0n) is 10.5. The average molecular weight is 249 g/mol. The van der Waals surface area contributed by atoms with Gasteiger partial charge in [-0.1, -0.05) is 30.3 Å². The Morgan fingerprint density at radius 2 is 2.17 bits per heavy atom. The summed E-state index contributed by atoms with van der Waals surface area (Å²) in [6.45, 7) is 1.68. The van der Waals surface area contributed by atoms with Gasteiger partial charge in [0.05, 0.1) is 12.1 Å². The maximum Gasteiger partial charge on any atom is 0.317 e. The van der Waals surface area contributed by atoms with Crippen LogP contribution in [0.2, 0.25) is 0 Å². The van der Waals surface area contributed by atoms with Gasteiger partial charge in [-0.25, -0.2) is 4.79 Å². The van der Waals surface area contributed by atoms with Gasteiger partial charge in [-0.2, -0.15) is 0 Å². The summed E-state index contributed by atoms with van der Waals surface area (Å²) in [5.41, 5.74) is 1.06. The van der Waals surface area contributed by atoms with Gasteiger partial charge < -0.3 is 20.6 Å². The first-order valence-electron chi connectivity index (χ1n) is 6.12. The molecule has 1 aliphatic heterocycles. The monoisotopic (exact) mass is 249 g/mol. The highest BCUT2D eigenvalue weighted by Crippen LogP contribution is 2.07. The topological polar surface area (TPSA) is 64.6 Å². The fraction of sp³-hybridized carbons (Fsp3) is 0.462. The second-order valence-corrected chi connectivity index (χ2v) is 4.55. The Morgan fingerprint density at radius 1 is 1.44 bits per heavy atom. The van der Waals surface area contributed by atoms with Crippen LogP contribution >= 0.6 is 0 Å². The third-order valence-corrected chi connectivity index (χ3v) is 3.26. The number of aliphatic hydroxyl groups excluding tert-OH is 1. The lowest BCUT2D eigenvalue weighted by Gasteiger charge is -2.26. The number of nitrogens with zero attached hydrogens (tertiary/aromatic N) is 1. The molecule has 1 aromatic carbocycles. The molecule has 2 amide bonds. The number of amides is 2. The van der Waals surface area contributed by atoms with E-state index >= 15 is 0 Å². The molecule has 5 heteroatoms. The summed E-state index contributed by atoms with van der Waals surface area (Å²) in [7, 11) is 1.71. The zero-order valence-corrected chi connectivity index (χ0v) is 10.5. The van der Waals surface area contributed by atoms with Gasteiger partial charge in [0, 0.05) is 26.7 Å². The predicted octanol–water partition coefficient (Wildman–Crippen LogP) is 0.161. The van der Waals surface area contributed by atoms with E-state index in [2.05, 4.69) is 10.6 Å². The Kier molecular flexibility index (Phi) is 4.17. The van der Waals surface area contributed by atoms with Crippen LogP contribution in [0.5, 0.6) is 0 Å². The first-order valence-corrected chi connectivity index (χ1v) is 6.12. The summed E-state index contributed by atoms with van der Waals surface area (Å²) < 4.78 is 0. The fourth-order valence-electron chi connectivity index (χ4n) is 2.10. The molecule has 5 nitrogen and oxygen atoms in total.